The fourth-order valence-electron chi connectivity index (χ4n) is 5.02. The molecule has 1 aromatic rings. The summed E-state index contributed by atoms with van der Waals surface area (Å²) >= 11 is 0. The molecule has 1 atom stereocenters. The fourth-order valence-corrected chi connectivity index (χ4v) is 10.4. The van der Waals surface area contributed by atoms with Crippen molar-refractivity contribution in [2.75, 3.05) is 7.11 Å². The molecule has 0 bridgehead atoms. The normalized spacial score (nSPS) is 18.8. The average molecular weight is 371 g/mol. The van der Waals surface area contributed by atoms with E-state index in [2.05, 4.69) is 80.5 Å². The molecule has 0 aliphatic heterocycles. The number of ether oxygens (including phenoxy) is 1. The smallest absolute Gasteiger partial charge is 0.122 e. The Morgan fingerprint density at radius 1 is 1.00 bits per heavy atom. The molecule has 0 heterocycles. The van der Waals surface area contributed by atoms with Crippen molar-refractivity contribution < 1.29 is 4.74 Å². The van der Waals surface area contributed by atoms with Crippen molar-refractivity contribution in [1.82, 2.24) is 0 Å². The van der Waals surface area contributed by atoms with Crippen LogP contribution in [-0.4, -0.2) is 15.2 Å². The number of benzene rings is 1. The maximum absolute atomic E-state index is 6.09. The van der Waals surface area contributed by atoms with Gasteiger partial charge in [0.1, 0.15) is 13.8 Å². The number of hydrogen-bond donors (Lipinski definition) is 0. The summed E-state index contributed by atoms with van der Waals surface area (Å²) in [5.41, 5.74) is 6.03. The molecule has 0 N–H and O–H groups in total. The molecule has 1 aliphatic rings. The standard InChI is InChI=1S/C24H38OSi/c1-11-26(12-2,23-18(5)16(3)17(4)19(23)6)21-15-13-14-20(22(21)25-10)24(7,8)9/h13-15,18H,11-12H2,1-10H3. The van der Waals surface area contributed by atoms with Crippen molar-refractivity contribution in [3.8, 4) is 5.75 Å². The predicted octanol–water partition coefficient (Wildman–Crippen LogP) is 6.53. The van der Waals surface area contributed by atoms with Crippen molar-refractivity contribution in [3.63, 3.8) is 0 Å². The molecule has 0 amide bonds. The Hall–Kier alpha value is -1.28. The monoisotopic (exact) mass is 370 g/mol. The van der Waals surface area contributed by atoms with Crippen LogP contribution in [0.1, 0.15) is 67.9 Å². The average Bonchev–Trinajstić information content (AvgIpc) is 2.80. The summed E-state index contributed by atoms with van der Waals surface area (Å²) in [6.45, 7) is 21.1. The number of methoxy groups -OCH3 is 1. The maximum atomic E-state index is 6.09. The first-order valence-electron chi connectivity index (χ1n) is 10.1. The van der Waals surface area contributed by atoms with Crippen molar-refractivity contribution in [1.29, 1.82) is 0 Å². The van der Waals surface area contributed by atoms with Gasteiger partial charge in [0.05, 0.1) is 7.11 Å². The predicted molar refractivity (Wildman–Crippen MR) is 118 cm³/mol. The van der Waals surface area contributed by atoms with E-state index in [1.54, 1.807) is 16.3 Å². The molecule has 26 heavy (non-hydrogen) atoms. The summed E-state index contributed by atoms with van der Waals surface area (Å²) in [5, 5.41) is 3.24. The van der Waals surface area contributed by atoms with E-state index in [9.17, 15) is 0 Å². The quantitative estimate of drug-likeness (QED) is 0.535. The number of para-hydroxylation sites is 1. The molecular formula is C24H38OSi. The van der Waals surface area contributed by atoms with Crippen LogP contribution in [0.4, 0.5) is 0 Å². The lowest BCUT2D eigenvalue weighted by atomic mass is 9.86. The lowest BCUT2D eigenvalue weighted by molar-refractivity contribution is 0.400. The highest BCUT2D eigenvalue weighted by atomic mass is 28.3. The van der Waals surface area contributed by atoms with Gasteiger partial charge in [-0.25, -0.2) is 0 Å². The molecule has 0 radical (unpaired) electrons. The molecule has 1 aromatic carbocycles. The summed E-state index contributed by atoms with van der Waals surface area (Å²) in [5.74, 6) is 1.70. The molecule has 144 valence electrons. The Bertz CT molecular complexity index is 742. The van der Waals surface area contributed by atoms with Crippen molar-refractivity contribution in [2.24, 2.45) is 5.92 Å². The van der Waals surface area contributed by atoms with Gasteiger partial charge in [0.25, 0.3) is 0 Å². The Morgan fingerprint density at radius 3 is 1.96 bits per heavy atom. The molecule has 0 saturated carbocycles. The van der Waals surface area contributed by atoms with Gasteiger partial charge < -0.3 is 4.74 Å². The highest BCUT2D eigenvalue weighted by Crippen LogP contribution is 2.45. The zero-order valence-corrected chi connectivity index (χ0v) is 19.6. The lowest BCUT2D eigenvalue weighted by Crippen LogP contribution is -2.51. The third-order valence-corrected chi connectivity index (χ3v) is 12.6. The molecular weight excluding hydrogens is 332 g/mol. The summed E-state index contributed by atoms with van der Waals surface area (Å²) in [7, 11) is -0.00522. The second-order valence-corrected chi connectivity index (χ2v) is 13.6. The van der Waals surface area contributed by atoms with Crippen LogP contribution in [0, 0.1) is 5.92 Å². The Balaban J connectivity index is 2.82. The molecule has 0 saturated heterocycles. The lowest BCUT2D eigenvalue weighted by Gasteiger charge is -2.38. The second kappa shape index (κ2) is 7.38. The van der Waals surface area contributed by atoms with Gasteiger partial charge in [-0.1, -0.05) is 88.2 Å². The van der Waals surface area contributed by atoms with Crippen LogP contribution in [0.2, 0.25) is 12.1 Å². The van der Waals surface area contributed by atoms with Crippen LogP contribution in [0.25, 0.3) is 0 Å². The van der Waals surface area contributed by atoms with E-state index in [-0.39, 0.29) is 5.41 Å². The molecule has 0 aromatic heterocycles. The van der Waals surface area contributed by atoms with Crippen LogP contribution >= 0.6 is 0 Å². The Labute approximate surface area is 162 Å². The first kappa shape index (κ1) is 21.0. The number of hydrogen-bond acceptors (Lipinski definition) is 1. The highest BCUT2D eigenvalue weighted by Gasteiger charge is 2.44. The van der Waals surface area contributed by atoms with E-state index in [0.717, 1.165) is 5.75 Å². The van der Waals surface area contributed by atoms with E-state index in [4.69, 9.17) is 4.74 Å². The van der Waals surface area contributed by atoms with Crippen molar-refractivity contribution in [3.05, 3.63) is 45.7 Å². The van der Waals surface area contributed by atoms with E-state index in [0.29, 0.717) is 5.92 Å². The Morgan fingerprint density at radius 2 is 1.58 bits per heavy atom. The van der Waals surface area contributed by atoms with Crippen molar-refractivity contribution >= 4 is 13.3 Å². The Kier molecular flexibility index (Phi) is 5.97. The number of rotatable bonds is 5. The van der Waals surface area contributed by atoms with Gasteiger partial charge in [-0.3, -0.25) is 0 Å². The van der Waals surface area contributed by atoms with Crippen LogP contribution < -0.4 is 9.92 Å². The number of allylic oxidation sites excluding steroid dienone is 4. The van der Waals surface area contributed by atoms with Crippen LogP contribution in [0.15, 0.2) is 40.1 Å². The van der Waals surface area contributed by atoms with Gasteiger partial charge in [-0.05, 0) is 48.4 Å². The highest BCUT2D eigenvalue weighted by molar-refractivity contribution is 6.98. The molecule has 2 heteroatoms. The molecule has 1 aliphatic carbocycles. The van der Waals surface area contributed by atoms with Gasteiger partial charge in [0.15, 0.2) is 0 Å². The van der Waals surface area contributed by atoms with Gasteiger partial charge in [-0.2, -0.15) is 0 Å². The largest absolute Gasteiger partial charge is 0.497 e. The van der Waals surface area contributed by atoms with E-state index in [1.807, 2.05) is 7.11 Å². The minimum Gasteiger partial charge on any atom is -0.497 e. The van der Waals surface area contributed by atoms with Crippen LogP contribution in [0.5, 0.6) is 5.75 Å². The van der Waals surface area contributed by atoms with E-state index >= 15 is 0 Å². The molecule has 1 nitrogen and oxygen atoms in total. The summed E-state index contributed by atoms with van der Waals surface area (Å²) < 4.78 is 6.09. The van der Waals surface area contributed by atoms with Crippen molar-refractivity contribution in [2.45, 2.75) is 79.8 Å². The van der Waals surface area contributed by atoms with Crippen LogP contribution in [-0.2, 0) is 5.41 Å². The molecule has 0 spiro atoms. The molecule has 1 unspecified atom stereocenters. The zero-order chi connectivity index (χ0) is 19.9. The van der Waals surface area contributed by atoms with Gasteiger partial charge in [0.2, 0.25) is 0 Å². The first-order valence-corrected chi connectivity index (χ1v) is 12.5. The van der Waals surface area contributed by atoms with Gasteiger partial charge in [0, 0.05) is 0 Å². The van der Waals surface area contributed by atoms with E-state index in [1.165, 1.54) is 28.4 Å². The third-order valence-electron chi connectivity index (χ3n) is 6.91. The minimum atomic E-state index is -1.86. The minimum absolute atomic E-state index is 0.0811. The summed E-state index contributed by atoms with van der Waals surface area (Å²) in [6.07, 6.45) is 0. The SMILES string of the molecule is CC[Si](CC)(C1=C(C)C(C)=C(C)C1C)c1cccc(C(C)(C)C)c1OC. The first-order chi connectivity index (χ1) is 12.1. The van der Waals surface area contributed by atoms with Gasteiger partial charge >= 0.3 is 0 Å². The zero-order valence-electron chi connectivity index (χ0n) is 18.6. The van der Waals surface area contributed by atoms with E-state index < -0.39 is 8.07 Å². The summed E-state index contributed by atoms with van der Waals surface area (Å²) in [4.78, 5) is 0. The van der Waals surface area contributed by atoms with Crippen LogP contribution in [0.3, 0.4) is 0 Å². The third kappa shape index (κ3) is 3.11. The molecule has 0 fully saturated rings. The topological polar surface area (TPSA) is 9.23 Å². The second-order valence-electron chi connectivity index (χ2n) is 8.99. The maximum Gasteiger partial charge on any atom is 0.122 e. The summed E-state index contributed by atoms with van der Waals surface area (Å²) in [6, 6.07) is 9.33. The molecule has 2 rings (SSSR count). The van der Waals surface area contributed by atoms with Gasteiger partial charge in [-0.15, -0.1) is 0 Å². The fraction of sp³-hybridized carbons (Fsp3) is 0.583.